The van der Waals surface area contributed by atoms with Crippen LogP contribution in [0, 0.1) is 0 Å². The van der Waals surface area contributed by atoms with Crippen molar-refractivity contribution in [3.63, 3.8) is 0 Å². The molecule has 0 N–H and O–H groups in total. The van der Waals surface area contributed by atoms with Crippen LogP contribution in [-0.2, 0) is 9.53 Å². The summed E-state index contributed by atoms with van der Waals surface area (Å²) >= 11 is 0. The van der Waals surface area contributed by atoms with E-state index in [1.807, 2.05) is 31.2 Å². The first-order valence-corrected chi connectivity index (χ1v) is 11.8. The zero-order chi connectivity index (χ0) is 20.8. The maximum absolute atomic E-state index is 12.2. The molecule has 1 fully saturated rings. The Bertz CT molecular complexity index is 909. The van der Waals surface area contributed by atoms with Gasteiger partial charge in [0.2, 0.25) is 0 Å². The Morgan fingerprint density at radius 3 is 1.83 bits per heavy atom. The molecule has 3 nitrogen and oxygen atoms in total. The number of carbonyl (C=O) groups is 1. The van der Waals surface area contributed by atoms with E-state index in [-0.39, 0.29) is 18.2 Å². The van der Waals surface area contributed by atoms with Crippen molar-refractivity contribution in [1.29, 1.82) is 0 Å². The highest BCUT2D eigenvalue weighted by Crippen LogP contribution is 2.51. The molecule has 0 amide bonds. The number of hydrogen-bond acceptors (Lipinski definition) is 3. The average Bonchev–Trinajstić information content (AvgIpc) is 3.21. The van der Waals surface area contributed by atoms with Gasteiger partial charge in [-0.25, -0.2) is 4.79 Å². The second-order valence-corrected chi connectivity index (χ2v) is 10.1. The predicted octanol–water partition coefficient (Wildman–Crippen LogP) is 6.42. The summed E-state index contributed by atoms with van der Waals surface area (Å²) in [6.07, 6.45) is 4.13. The lowest BCUT2D eigenvalue weighted by Crippen LogP contribution is -2.30. The third-order valence-corrected chi connectivity index (χ3v) is 7.95. The van der Waals surface area contributed by atoms with Gasteiger partial charge in [0.25, 0.3) is 0 Å². The molecule has 0 saturated heterocycles. The van der Waals surface area contributed by atoms with Crippen molar-refractivity contribution in [3.8, 4) is 5.75 Å². The third-order valence-electron chi connectivity index (χ3n) is 5.50. The third kappa shape index (κ3) is 5.06. The molecular formula is C26H28O3S. The van der Waals surface area contributed by atoms with Crippen molar-refractivity contribution in [1.82, 2.24) is 0 Å². The van der Waals surface area contributed by atoms with Crippen LogP contribution in [0.2, 0.25) is 0 Å². The maximum atomic E-state index is 12.2. The van der Waals surface area contributed by atoms with Gasteiger partial charge in [-0.2, -0.15) is 10.9 Å². The molecule has 0 bridgehead atoms. The molecule has 0 aromatic heterocycles. The van der Waals surface area contributed by atoms with Crippen molar-refractivity contribution in [2.24, 2.45) is 0 Å². The zero-order valence-electron chi connectivity index (χ0n) is 17.3. The Morgan fingerprint density at radius 1 is 0.800 bits per heavy atom. The predicted molar refractivity (Wildman–Crippen MR) is 122 cm³/mol. The van der Waals surface area contributed by atoms with Gasteiger partial charge < -0.3 is 9.47 Å². The highest BCUT2D eigenvalue weighted by atomic mass is 32.2. The van der Waals surface area contributed by atoms with Crippen LogP contribution in [0.25, 0.3) is 0 Å². The maximum Gasteiger partial charge on any atom is 0.344 e. The highest BCUT2D eigenvalue weighted by Gasteiger charge is 2.32. The molecule has 1 saturated carbocycles. The number of benzene rings is 3. The van der Waals surface area contributed by atoms with Crippen LogP contribution in [0.5, 0.6) is 5.75 Å². The Labute approximate surface area is 181 Å². The summed E-state index contributed by atoms with van der Waals surface area (Å²) in [6, 6.07) is 29.3. The summed E-state index contributed by atoms with van der Waals surface area (Å²) in [5, 5.41) is 0. The van der Waals surface area contributed by atoms with Gasteiger partial charge in [0.1, 0.15) is 11.4 Å². The SMILES string of the molecule is CC1(OC(=O)COc2ccc([SH](c3ccccc3)c3ccccc3)cc2)CCCC1. The minimum atomic E-state index is -0.643. The number of ether oxygens (including phenoxy) is 2. The number of carbonyl (C=O) groups excluding carboxylic acids is 1. The fourth-order valence-electron chi connectivity index (χ4n) is 3.96. The largest absolute Gasteiger partial charge is 0.482 e. The van der Waals surface area contributed by atoms with Crippen molar-refractivity contribution in [2.75, 3.05) is 6.61 Å². The second kappa shape index (κ2) is 9.40. The zero-order valence-corrected chi connectivity index (χ0v) is 18.2. The van der Waals surface area contributed by atoms with Crippen LogP contribution in [0.1, 0.15) is 32.6 Å². The van der Waals surface area contributed by atoms with Crippen LogP contribution in [0.4, 0.5) is 0 Å². The van der Waals surface area contributed by atoms with E-state index in [4.69, 9.17) is 9.47 Å². The lowest BCUT2D eigenvalue weighted by molar-refractivity contribution is -0.159. The number of rotatable bonds is 7. The second-order valence-electron chi connectivity index (χ2n) is 7.92. The first-order valence-electron chi connectivity index (χ1n) is 10.5. The monoisotopic (exact) mass is 420 g/mol. The smallest absolute Gasteiger partial charge is 0.344 e. The molecular weight excluding hydrogens is 392 g/mol. The van der Waals surface area contributed by atoms with E-state index in [2.05, 4.69) is 60.7 Å². The van der Waals surface area contributed by atoms with Crippen LogP contribution >= 0.6 is 10.9 Å². The van der Waals surface area contributed by atoms with E-state index in [9.17, 15) is 4.79 Å². The molecule has 0 unspecified atom stereocenters. The molecule has 3 aromatic carbocycles. The first-order chi connectivity index (χ1) is 14.6. The number of thiol groups is 1. The quantitative estimate of drug-likeness (QED) is 0.354. The van der Waals surface area contributed by atoms with E-state index < -0.39 is 10.9 Å². The van der Waals surface area contributed by atoms with Crippen LogP contribution in [0.3, 0.4) is 0 Å². The molecule has 4 rings (SSSR count). The number of hydrogen-bond donors (Lipinski definition) is 1. The minimum Gasteiger partial charge on any atom is -0.482 e. The summed E-state index contributed by atoms with van der Waals surface area (Å²) in [5.74, 6) is 0.391. The van der Waals surface area contributed by atoms with Gasteiger partial charge in [-0.1, -0.05) is 36.4 Å². The molecule has 0 heterocycles. The van der Waals surface area contributed by atoms with Gasteiger partial charge in [0.05, 0.1) is 0 Å². The normalized spacial score (nSPS) is 15.4. The van der Waals surface area contributed by atoms with E-state index in [0.717, 1.165) is 25.7 Å². The van der Waals surface area contributed by atoms with Gasteiger partial charge in [-0.15, -0.1) is 0 Å². The summed E-state index contributed by atoms with van der Waals surface area (Å²) < 4.78 is 11.3. The summed E-state index contributed by atoms with van der Waals surface area (Å²) in [6.45, 7) is 1.96. The Morgan fingerprint density at radius 2 is 1.30 bits per heavy atom. The van der Waals surface area contributed by atoms with E-state index in [1.54, 1.807) is 0 Å². The van der Waals surface area contributed by atoms with E-state index in [0.29, 0.717) is 5.75 Å². The molecule has 0 atom stereocenters. The lowest BCUT2D eigenvalue weighted by atomic mass is 10.1. The van der Waals surface area contributed by atoms with Gasteiger partial charge in [-0.3, -0.25) is 0 Å². The molecule has 4 heteroatoms. The fraction of sp³-hybridized carbons (Fsp3) is 0.269. The van der Waals surface area contributed by atoms with Crippen LogP contribution in [0.15, 0.2) is 99.6 Å². The fourth-order valence-corrected chi connectivity index (χ4v) is 6.25. The molecule has 30 heavy (non-hydrogen) atoms. The Kier molecular flexibility index (Phi) is 6.44. The molecule has 156 valence electrons. The molecule has 3 aromatic rings. The topological polar surface area (TPSA) is 35.5 Å². The summed E-state index contributed by atoms with van der Waals surface area (Å²) in [7, 11) is -0.643. The summed E-state index contributed by atoms with van der Waals surface area (Å²) in [4.78, 5) is 16.0. The number of esters is 1. The van der Waals surface area contributed by atoms with Crippen LogP contribution in [-0.4, -0.2) is 18.2 Å². The van der Waals surface area contributed by atoms with Crippen molar-refractivity contribution in [2.45, 2.75) is 52.9 Å². The van der Waals surface area contributed by atoms with Crippen LogP contribution < -0.4 is 4.74 Å². The first kappa shape index (κ1) is 20.5. The highest BCUT2D eigenvalue weighted by molar-refractivity contribution is 8.17. The molecule has 1 aliphatic carbocycles. The minimum absolute atomic E-state index is 0.0545. The van der Waals surface area contributed by atoms with Gasteiger partial charge in [-0.05, 0) is 95.8 Å². The Hall–Kier alpha value is -2.72. The molecule has 1 aliphatic rings. The van der Waals surface area contributed by atoms with Crippen molar-refractivity contribution < 1.29 is 14.3 Å². The van der Waals surface area contributed by atoms with Crippen molar-refractivity contribution in [3.05, 3.63) is 84.9 Å². The van der Waals surface area contributed by atoms with Gasteiger partial charge in [0, 0.05) is 0 Å². The molecule has 0 spiro atoms. The van der Waals surface area contributed by atoms with Gasteiger partial charge in [0.15, 0.2) is 6.61 Å². The summed E-state index contributed by atoms with van der Waals surface area (Å²) in [5.41, 5.74) is -0.314. The van der Waals surface area contributed by atoms with E-state index >= 15 is 0 Å². The Balaban J connectivity index is 1.45. The van der Waals surface area contributed by atoms with Crippen molar-refractivity contribution >= 4 is 16.9 Å². The lowest BCUT2D eigenvalue weighted by Gasteiger charge is -2.24. The standard InChI is InChI=1S/C26H28O3S/c1-26(18-8-9-19-26)29-25(27)20-28-21-14-16-24(17-15-21)30(22-10-4-2-5-11-22)23-12-6-3-7-13-23/h2-7,10-17,30H,8-9,18-20H2,1H3. The van der Waals surface area contributed by atoms with Gasteiger partial charge >= 0.3 is 5.97 Å². The average molecular weight is 421 g/mol. The molecule has 0 radical (unpaired) electrons. The molecule has 0 aliphatic heterocycles. The van der Waals surface area contributed by atoms with E-state index in [1.165, 1.54) is 14.7 Å².